The Kier molecular flexibility index (Phi) is 2.46. The number of benzene rings is 1. The smallest absolute Gasteiger partial charge is 0.103 e. The fourth-order valence-corrected chi connectivity index (χ4v) is 1.63. The summed E-state index contributed by atoms with van der Waals surface area (Å²) in [5.74, 6) is 1.21. The Morgan fingerprint density at radius 1 is 1.50 bits per heavy atom. The van der Waals surface area contributed by atoms with Gasteiger partial charge in [0.25, 0.3) is 0 Å². The third-order valence-corrected chi connectivity index (χ3v) is 2.73. The van der Waals surface area contributed by atoms with E-state index in [4.69, 9.17) is 17.3 Å². The van der Waals surface area contributed by atoms with Gasteiger partial charge >= 0.3 is 0 Å². The summed E-state index contributed by atoms with van der Waals surface area (Å²) in [5, 5.41) is 0.675. The fraction of sp³-hybridized carbons (Fsp3) is 0.364. The number of hydrogen-bond acceptors (Lipinski definition) is 1. The standard InChI is InChI=1S/C11H13ClN2/c1-7-3-2-4-9(12)10(7)14-11(13)8-5-6-8/h2-4,8H,5-6H2,1H3,(H2,13,14). The van der Waals surface area contributed by atoms with Gasteiger partial charge in [-0.1, -0.05) is 23.7 Å². The molecule has 0 bridgehead atoms. The lowest BCUT2D eigenvalue weighted by atomic mass is 10.2. The third-order valence-electron chi connectivity index (χ3n) is 2.43. The molecule has 0 amide bonds. The van der Waals surface area contributed by atoms with Gasteiger partial charge in [0, 0.05) is 5.92 Å². The number of nitrogens with two attached hydrogens (primary N) is 1. The second-order valence-electron chi connectivity index (χ2n) is 3.72. The van der Waals surface area contributed by atoms with Gasteiger partial charge in [0.1, 0.15) is 5.84 Å². The predicted octanol–water partition coefficient (Wildman–Crippen LogP) is 3.05. The molecule has 2 N–H and O–H groups in total. The van der Waals surface area contributed by atoms with Gasteiger partial charge in [-0.2, -0.15) is 0 Å². The molecule has 2 nitrogen and oxygen atoms in total. The molecule has 1 fully saturated rings. The predicted molar refractivity (Wildman–Crippen MR) is 60.2 cm³/mol. The van der Waals surface area contributed by atoms with Crippen LogP contribution in [0.25, 0.3) is 0 Å². The molecule has 3 heteroatoms. The zero-order valence-electron chi connectivity index (χ0n) is 8.13. The highest BCUT2D eigenvalue weighted by Gasteiger charge is 2.25. The first kappa shape index (κ1) is 9.53. The first-order valence-electron chi connectivity index (χ1n) is 4.77. The maximum atomic E-state index is 6.04. The zero-order chi connectivity index (χ0) is 10.1. The van der Waals surface area contributed by atoms with Crippen molar-refractivity contribution in [2.75, 3.05) is 0 Å². The van der Waals surface area contributed by atoms with Gasteiger partial charge in [-0.05, 0) is 31.4 Å². The number of amidine groups is 1. The SMILES string of the molecule is Cc1cccc(Cl)c1N=C(N)C1CC1. The number of para-hydroxylation sites is 1. The number of aliphatic imine (C=N–C) groups is 1. The molecule has 0 aliphatic heterocycles. The number of hydrogen-bond donors (Lipinski definition) is 1. The van der Waals surface area contributed by atoms with E-state index in [0.717, 1.165) is 17.1 Å². The second kappa shape index (κ2) is 3.62. The highest BCUT2D eigenvalue weighted by molar-refractivity contribution is 6.33. The average Bonchev–Trinajstić information content (AvgIpc) is 2.94. The Morgan fingerprint density at radius 2 is 2.21 bits per heavy atom. The van der Waals surface area contributed by atoms with Crippen LogP contribution in [0.4, 0.5) is 5.69 Å². The maximum Gasteiger partial charge on any atom is 0.103 e. The molecule has 0 radical (unpaired) electrons. The van der Waals surface area contributed by atoms with Gasteiger partial charge in [0.2, 0.25) is 0 Å². The Bertz CT molecular complexity index is 361. The van der Waals surface area contributed by atoms with Crippen molar-refractivity contribution in [1.29, 1.82) is 0 Å². The summed E-state index contributed by atoms with van der Waals surface area (Å²) in [6.45, 7) is 1.99. The van der Waals surface area contributed by atoms with E-state index >= 15 is 0 Å². The van der Waals surface area contributed by atoms with Gasteiger partial charge in [0.15, 0.2) is 0 Å². The van der Waals surface area contributed by atoms with Crippen LogP contribution < -0.4 is 5.73 Å². The molecule has 1 aromatic carbocycles. The quantitative estimate of drug-likeness (QED) is 0.589. The Balaban J connectivity index is 2.35. The molecule has 1 aromatic rings. The van der Waals surface area contributed by atoms with E-state index in [2.05, 4.69) is 4.99 Å². The lowest BCUT2D eigenvalue weighted by molar-refractivity contribution is 1.15. The van der Waals surface area contributed by atoms with E-state index in [1.165, 1.54) is 12.8 Å². The van der Waals surface area contributed by atoms with Crippen molar-refractivity contribution < 1.29 is 0 Å². The molecule has 1 saturated carbocycles. The summed E-state index contributed by atoms with van der Waals surface area (Å²) in [4.78, 5) is 4.38. The van der Waals surface area contributed by atoms with Crippen LogP contribution >= 0.6 is 11.6 Å². The van der Waals surface area contributed by atoms with Crippen molar-refractivity contribution in [3.63, 3.8) is 0 Å². The van der Waals surface area contributed by atoms with E-state index in [1.807, 2.05) is 25.1 Å². The van der Waals surface area contributed by atoms with Gasteiger partial charge in [0.05, 0.1) is 10.7 Å². The summed E-state index contributed by atoms with van der Waals surface area (Å²) < 4.78 is 0. The topological polar surface area (TPSA) is 38.4 Å². The van der Waals surface area contributed by atoms with Crippen LogP contribution in [0, 0.1) is 12.8 Å². The first-order valence-corrected chi connectivity index (χ1v) is 5.15. The molecule has 0 aromatic heterocycles. The molecule has 0 atom stereocenters. The Labute approximate surface area is 88.8 Å². The highest BCUT2D eigenvalue weighted by Crippen LogP contribution is 2.33. The number of nitrogens with zero attached hydrogens (tertiary/aromatic N) is 1. The van der Waals surface area contributed by atoms with Crippen LogP contribution in [0.5, 0.6) is 0 Å². The van der Waals surface area contributed by atoms with Gasteiger partial charge in [-0.25, -0.2) is 4.99 Å². The number of halogens is 1. The molecule has 2 rings (SSSR count). The van der Waals surface area contributed by atoms with Crippen LogP contribution in [-0.4, -0.2) is 5.84 Å². The van der Waals surface area contributed by atoms with Gasteiger partial charge < -0.3 is 5.73 Å². The second-order valence-corrected chi connectivity index (χ2v) is 4.12. The van der Waals surface area contributed by atoms with Crippen LogP contribution in [0.3, 0.4) is 0 Å². The van der Waals surface area contributed by atoms with E-state index in [0.29, 0.717) is 10.9 Å². The molecule has 0 unspecified atom stereocenters. The largest absolute Gasteiger partial charge is 0.387 e. The zero-order valence-corrected chi connectivity index (χ0v) is 8.88. The first-order chi connectivity index (χ1) is 6.68. The van der Waals surface area contributed by atoms with Crippen molar-refractivity contribution in [2.24, 2.45) is 16.6 Å². The normalized spacial score (nSPS) is 17.1. The van der Waals surface area contributed by atoms with Crippen molar-refractivity contribution in [3.8, 4) is 0 Å². The summed E-state index contributed by atoms with van der Waals surface area (Å²) in [5.41, 5.74) is 7.73. The molecule has 0 saturated heterocycles. The minimum atomic E-state index is 0.491. The third kappa shape index (κ3) is 1.90. The van der Waals surface area contributed by atoms with E-state index in [-0.39, 0.29) is 0 Å². The molecule has 14 heavy (non-hydrogen) atoms. The molecule has 1 aliphatic rings. The lowest BCUT2D eigenvalue weighted by Crippen LogP contribution is -2.13. The molecule has 0 spiro atoms. The Hall–Kier alpha value is -1.02. The van der Waals surface area contributed by atoms with Crippen LogP contribution in [0.15, 0.2) is 23.2 Å². The van der Waals surface area contributed by atoms with Gasteiger partial charge in [-0.3, -0.25) is 0 Å². The molecular formula is C11H13ClN2. The lowest BCUT2D eigenvalue weighted by Gasteiger charge is -2.04. The van der Waals surface area contributed by atoms with Crippen molar-refractivity contribution in [1.82, 2.24) is 0 Å². The fourth-order valence-electron chi connectivity index (χ4n) is 1.36. The van der Waals surface area contributed by atoms with Crippen molar-refractivity contribution in [2.45, 2.75) is 19.8 Å². The highest BCUT2D eigenvalue weighted by atomic mass is 35.5. The molecule has 0 heterocycles. The molecular weight excluding hydrogens is 196 g/mol. The van der Waals surface area contributed by atoms with Gasteiger partial charge in [-0.15, -0.1) is 0 Å². The number of rotatable bonds is 2. The van der Waals surface area contributed by atoms with Crippen molar-refractivity contribution in [3.05, 3.63) is 28.8 Å². The van der Waals surface area contributed by atoms with Crippen LogP contribution in [0.1, 0.15) is 18.4 Å². The monoisotopic (exact) mass is 208 g/mol. The maximum absolute atomic E-state index is 6.04. The average molecular weight is 209 g/mol. The van der Waals surface area contributed by atoms with E-state index in [1.54, 1.807) is 0 Å². The van der Waals surface area contributed by atoms with E-state index < -0.39 is 0 Å². The molecule has 1 aliphatic carbocycles. The van der Waals surface area contributed by atoms with Crippen LogP contribution in [0.2, 0.25) is 5.02 Å². The molecule has 74 valence electrons. The summed E-state index contributed by atoms with van der Waals surface area (Å²) in [7, 11) is 0. The minimum absolute atomic E-state index is 0.491. The summed E-state index contributed by atoms with van der Waals surface area (Å²) in [6.07, 6.45) is 2.33. The van der Waals surface area contributed by atoms with Crippen LogP contribution in [-0.2, 0) is 0 Å². The minimum Gasteiger partial charge on any atom is -0.387 e. The Morgan fingerprint density at radius 3 is 2.79 bits per heavy atom. The number of aryl methyl sites for hydroxylation is 1. The van der Waals surface area contributed by atoms with Crippen molar-refractivity contribution >= 4 is 23.1 Å². The summed E-state index contributed by atoms with van der Waals surface area (Å²) >= 11 is 6.04. The van der Waals surface area contributed by atoms with E-state index in [9.17, 15) is 0 Å². The summed E-state index contributed by atoms with van der Waals surface area (Å²) in [6, 6.07) is 5.75.